The molecule has 0 fully saturated rings. The molecule has 1 unspecified atom stereocenters. The lowest BCUT2D eigenvalue weighted by atomic mass is 9.88. The molecule has 328 valence electrons. The highest BCUT2D eigenvalue weighted by atomic mass is 32.2. The smallest absolute Gasteiger partial charge is 0.306 e. The Kier molecular flexibility index (Phi) is 16.7. The number of ether oxygens (including phenoxy) is 6. The molecule has 0 aliphatic carbocycles. The molecule has 0 saturated carbocycles. The Morgan fingerprint density at radius 3 is 2.03 bits per heavy atom. The second-order valence-electron chi connectivity index (χ2n) is 13.7. The summed E-state index contributed by atoms with van der Waals surface area (Å²) < 4.78 is 64.3. The predicted molar refractivity (Wildman–Crippen MR) is 212 cm³/mol. The highest BCUT2D eigenvalue weighted by molar-refractivity contribution is 7.92. The summed E-state index contributed by atoms with van der Waals surface area (Å²) in [6.45, 7) is 3.87. The fourth-order valence-corrected chi connectivity index (χ4v) is 5.97. The number of hydrogen-bond acceptors (Lipinski definition) is 19. The zero-order valence-corrected chi connectivity index (χ0v) is 34.6. The maximum Gasteiger partial charge on any atom is 0.306 e. The highest BCUT2D eigenvalue weighted by Gasteiger charge is 2.28. The van der Waals surface area contributed by atoms with Crippen LogP contribution in [0.4, 0.5) is 5.82 Å². The Bertz CT molecular complexity index is 2240. The molecule has 1 N–H and O–H groups in total. The number of benzene rings is 2. The first-order valence-electron chi connectivity index (χ1n) is 18.4. The molecule has 4 aromatic rings. The summed E-state index contributed by atoms with van der Waals surface area (Å²) in [6.07, 6.45) is -0.724. The summed E-state index contributed by atoms with van der Waals surface area (Å²) >= 11 is 0. The second-order valence-corrected chi connectivity index (χ2v) is 15.3. The van der Waals surface area contributed by atoms with Gasteiger partial charge in [-0.3, -0.25) is 14.3 Å². The van der Waals surface area contributed by atoms with E-state index in [9.17, 15) is 38.2 Å². The lowest BCUT2D eigenvalue weighted by Gasteiger charge is -2.21. The number of esters is 2. The van der Waals surface area contributed by atoms with Gasteiger partial charge in [0, 0.05) is 24.6 Å². The zero-order chi connectivity index (χ0) is 44.6. The van der Waals surface area contributed by atoms with Crippen molar-refractivity contribution in [2.45, 2.75) is 63.0 Å². The average molecular weight is 873 g/mol. The molecule has 0 aliphatic heterocycles. The molecule has 2 aromatic heterocycles. The van der Waals surface area contributed by atoms with E-state index in [1.54, 1.807) is 48.5 Å². The van der Waals surface area contributed by atoms with Crippen molar-refractivity contribution in [1.82, 2.24) is 15.0 Å². The Hall–Kier alpha value is -7.04. The standard InChI is InChI=1S/C38H44N6O16S/c1-38(2,3)26-16-19-31(39-22-26)61(51,52)42-36-34(60-30-11-7-6-10-29(30)54-5)37(41-35(40-36)25-14-17-27(53-4)18-15-25)56-24-28(59-33(46)13-9-21-58-44(49)50)23-55-32(45)12-8-20-57-43(47)48/h6-7,10-11,14-19,22,28H,8-9,12-13,20-21,23-24H2,1-5H3,(H,40,41,42). The van der Waals surface area contributed by atoms with E-state index in [4.69, 9.17) is 28.4 Å². The van der Waals surface area contributed by atoms with Crippen molar-refractivity contribution in [3.63, 3.8) is 0 Å². The quantitative estimate of drug-likeness (QED) is 0.0407. The minimum Gasteiger partial charge on any atom is -0.497 e. The number of rotatable bonds is 24. The van der Waals surface area contributed by atoms with Crippen LogP contribution in [0.25, 0.3) is 11.4 Å². The molecule has 0 amide bonds. The molecule has 23 heteroatoms. The van der Waals surface area contributed by atoms with Crippen LogP contribution in [0, 0.1) is 20.2 Å². The topological polar surface area (TPSA) is 279 Å². The number of nitrogens with one attached hydrogen (secondary N) is 1. The first-order chi connectivity index (χ1) is 29.0. The van der Waals surface area contributed by atoms with E-state index in [-0.39, 0.29) is 71.7 Å². The summed E-state index contributed by atoms with van der Waals surface area (Å²) in [6, 6.07) is 15.8. The van der Waals surface area contributed by atoms with Crippen LogP contribution in [-0.2, 0) is 44.2 Å². The van der Waals surface area contributed by atoms with Gasteiger partial charge in [0.05, 0.1) is 27.4 Å². The largest absolute Gasteiger partial charge is 0.497 e. The van der Waals surface area contributed by atoms with Crippen LogP contribution >= 0.6 is 0 Å². The van der Waals surface area contributed by atoms with E-state index in [0.717, 1.165) is 5.56 Å². The van der Waals surface area contributed by atoms with Gasteiger partial charge in [-0.05, 0) is 66.3 Å². The number of hydrogen-bond donors (Lipinski definition) is 1. The van der Waals surface area contributed by atoms with Gasteiger partial charge in [0.15, 0.2) is 34.3 Å². The van der Waals surface area contributed by atoms with E-state index in [2.05, 4.69) is 29.3 Å². The van der Waals surface area contributed by atoms with E-state index >= 15 is 0 Å². The summed E-state index contributed by atoms with van der Waals surface area (Å²) in [5, 5.41) is 18.6. The second kappa shape index (κ2) is 21.8. The summed E-state index contributed by atoms with van der Waals surface area (Å²) in [5.74, 6) is -2.13. The molecule has 0 aliphatic rings. The van der Waals surface area contributed by atoms with Crippen molar-refractivity contribution in [1.29, 1.82) is 0 Å². The maximum atomic E-state index is 14.0. The Morgan fingerprint density at radius 1 is 0.820 bits per heavy atom. The summed E-state index contributed by atoms with van der Waals surface area (Å²) in [5.41, 5.74) is 0.827. The van der Waals surface area contributed by atoms with Crippen LogP contribution in [0.5, 0.6) is 28.9 Å². The fourth-order valence-electron chi connectivity index (χ4n) is 5.04. The Balaban J connectivity index is 1.77. The fraction of sp³-hybridized carbons (Fsp3) is 0.395. The molecular weight excluding hydrogens is 829 g/mol. The van der Waals surface area contributed by atoms with E-state index in [0.29, 0.717) is 11.3 Å². The maximum absolute atomic E-state index is 14.0. The van der Waals surface area contributed by atoms with Crippen LogP contribution in [-0.4, -0.2) is 92.2 Å². The van der Waals surface area contributed by atoms with E-state index in [1.807, 2.05) is 20.8 Å². The van der Waals surface area contributed by atoms with Crippen LogP contribution < -0.4 is 23.7 Å². The first-order valence-corrected chi connectivity index (χ1v) is 19.9. The molecule has 61 heavy (non-hydrogen) atoms. The predicted octanol–water partition coefficient (Wildman–Crippen LogP) is 5.26. The van der Waals surface area contributed by atoms with Gasteiger partial charge in [-0.1, -0.05) is 39.0 Å². The molecule has 4 rings (SSSR count). The number of pyridine rings is 1. The van der Waals surface area contributed by atoms with Gasteiger partial charge in [0.2, 0.25) is 5.75 Å². The molecule has 2 aromatic carbocycles. The number of carbonyl (C=O) groups is 2. The van der Waals surface area contributed by atoms with Crippen LogP contribution in [0.2, 0.25) is 0 Å². The van der Waals surface area contributed by atoms with Crippen LogP contribution in [0.3, 0.4) is 0 Å². The Morgan fingerprint density at radius 2 is 1.46 bits per heavy atom. The molecule has 1 atom stereocenters. The minimum atomic E-state index is -4.49. The number of aromatic nitrogens is 3. The zero-order valence-electron chi connectivity index (χ0n) is 33.8. The van der Waals surface area contributed by atoms with Gasteiger partial charge >= 0.3 is 11.9 Å². The number of anilines is 1. The number of para-hydroxylation sites is 2. The van der Waals surface area contributed by atoms with E-state index in [1.165, 1.54) is 32.5 Å². The van der Waals surface area contributed by atoms with Crippen molar-refractivity contribution in [3.05, 3.63) is 92.7 Å². The SMILES string of the molecule is COc1ccc(-c2nc(NS(=O)(=O)c3ccc(C(C)(C)C)cn3)c(Oc3ccccc3OC)c(OCC(COC(=O)CCCO[N+](=O)[O-])OC(=O)CCCO[N+](=O)[O-])n2)cc1. The molecule has 0 bridgehead atoms. The minimum absolute atomic E-state index is 0.0646. The lowest BCUT2D eigenvalue weighted by Crippen LogP contribution is -2.31. The third-order valence-corrected chi connectivity index (χ3v) is 9.40. The number of nitrogens with zero attached hydrogens (tertiary/aromatic N) is 5. The molecule has 22 nitrogen and oxygen atoms in total. The third-order valence-electron chi connectivity index (χ3n) is 8.15. The first kappa shape index (κ1) is 46.6. The van der Waals surface area contributed by atoms with Gasteiger partial charge in [-0.25, -0.2) is 9.97 Å². The third kappa shape index (κ3) is 14.6. The lowest BCUT2D eigenvalue weighted by molar-refractivity contribution is -0.757. The highest BCUT2D eigenvalue weighted by Crippen LogP contribution is 2.42. The average Bonchev–Trinajstić information content (AvgIpc) is 3.22. The number of methoxy groups -OCH3 is 2. The van der Waals surface area contributed by atoms with Gasteiger partial charge in [-0.2, -0.15) is 13.4 Å². The van der Waals surface area contributed by atoms with Crippen molar-refractivity contribution < 1.29 is 66.3 Å². The summed E-state index contributed by atoms with van der Waals surface area (Å²) in [4.78, 5) is 68.1. The van der Waals surface area contributed by atoms with Gasteiger partial charge in [0.25, 0.3) is 26.1 Å². The normalized spacial score (nSPS) is 11.7. The molecular formula is C38H44N6O16S. The van der Waals surface area contributed by atoms with Gasteiger partial charge in [0.1, 0.15) is 19.0 Å². The van der Waals surface area contributed by atoms with Crippen molar-refractivity contribution >= 4 is 27.8 Å². The monoisotopic (exact) mass is 872 g/mol. The molecule has 2 heterocycles. The number of carbonyl (C=O) groups excluding carboxylic acids is 2. The van der Waals surface area contributed by atoms with Crippen LogP contribution in [0.15, 0.2) is 71.9 Å². The van der Waals surface area contributed by atoms with Crippen molar-refractivity contribution in [2.24, 2.45) is 0 Å². The molecule has 0 saturated heterocycles. The molecule has 0 radical (unpaired) electrons. The van der Waals surface area contributed by atoms with Crippen molar-refractivity contribution in [3.8, 4) is 40.3 Å². The molecule has 0 spiro atoms. The van der Waals surface area contributed by atoms with E-state index < -0.39 is 63.9 Å². The Labute approximate surface area is 349 Å². The van der Waals surface area contributed by atoms with Gasteiger partial charge in [-0.15, -0.1) is 20.2 Å². The number of sulfonamides is 1. The van der Waals surface area contributed by atoms with Gasteiger partial charge < -0.3 is 38.1 Å². The van der Waals surface area contributed by atoms with Crippen molar-refractivity contribution in [2.75, 3.05) is 45.4 Å². The summed E-state index contributed by atoms with van der Waals surface area (Å²) in [7, 11) is -1.63. The van der Waals surface area contributed by atoms with Crippen LogP contribution in [0.1, 0.15) is 52.0 Å².